The zero-order valence-electron chi connectivity index (χ0n) is 17.6. The van der Waals surface area contributed by atoms with Crippen LogP contribution in [0.15, 0.2) is 41.5 Å². The zero-order valence-corrected chi connectivity index (χ0v) is 18.3. The molecule has 0 amide bonds. The van der Waals surface area contributed by atoms with Crippen LogP contribution in [0.2, 0.25) is 5.02 Å². The molecule has 0 aromatic heterocycles. The van der Waals surface area contributed by atoms with E-state index in [1.165, 1.54) is 12.0 Å². The Morgan fingerprint density at radius 1 is 1.03 bits per heavy atom. The van der Waals surface area contributed by atoms with Crippen molar-refractivity contribution in [2.24, 2.45) is 28.6 Å². The van der Waals surface area contributed by atoms with Gasteiger partial charge in [0.2, 0.25) is 0 Å². The molecule has 3 saturated carbocycles. The van der Waals surface area contributed by atoms with E-state index in [-0.39, 0.29) is 23.0 Å². The van der Waals surface area contributed by atoms with Gasteiger partial charge in [0.1, 0.15) is 0 Å². The van der Waals surface area contributed by atoms with Crippen molar-refractivity contribution in [1.29, 1.82) is 0 Å². The molecule has 0 radical (unpaired) electrons. The van der Waals surface area contributed by atoms with Crippen LogP contribution in [0.3, 0.4) is 0 Å². The number of fused-ring (bicyclic) bond motifs is 5. The standard InChI is InChI=1S/C26H33ClO2/c1-25-11-9-19(28)15-18(25)7-8-20-21(25)10-12-26(2)22(20)14-17(24(26)29)13-16-5-3-4-6-23(16)27/h3-7,13,19-22,24,28-29H,8-12,14-15H2,1-2H3/b17-13+/t19-,20+,21-,22-,24-,25+,26+/m1/s1. The molecular weight excluding hydrogens is 380 g/mol. The fourth-order valence-electron chi connectivity index (χ4n) is 7.43. The minimum Gasteiger partial charge on any atom is -0.393 e. The molecule has 3 fully saturated rings. The Morgan fingerprint density at radius 2 is 1.83 bits per heavy atom. The second-order valence-corrected chi connectivity index (χ2v) is 11.0. The molecule has 156 valence electrons. The smallest absolute Gasteiger partial charge is 0.0809 e. The maximum absolute atomic E-state index is 11.4. The number of rotatable bonds is 1. The summed E-state index contributed by atoms with van der Waals surface area (Å²) < 4.78 is 0. The first kappa shape index (κ1) is 19.8. The first-order valence-electron chi connectivity index (χ1n) is 11.3. The van der Waals surface area contributed by atoms with Crippen LogP contribution >= 0.6 is 11.6 Å². The van der Waals surface area contributed by atoms with Crippen LogP contribution in [-0.4, -0.2) is 22.4 Å². The quantitative estimate of drug-likeness (QED) is 0.554. The summed E-state index contributed by atoms with van der Waals surface area (Å²) in [5.41, 5.74) is 3.88. The summed E-state index contributed by atoms with van der Waals surface area (Å²) in [4.78, 5) is 0. The van der Waals surface area contributed by atoms with Crippen LogP contribution < -0.4 is 0 Å². The number of allylic oxidation sites excluding steroid dienone is 1. The van der Waals surface area contributed by atoms with Gasteiger partial charge >= 0.3 is 0 Å². The van der Waals surface area contributed by atoms with Crippen LogP contribution in [0.5, 0.6) is 0 Å². The number of aliphatic hydroxyl groups is 2. The van der Waals surface area contributed by atoms with Crippen molar-refractivity contribution in [3.8, 4) is 0 Å². The van der Waals surface area contributed by atoms with E-state index >= 15 is 0 Å². The highest BCUT2D eigenvalue weighted by atomic mass is 35.5. The lowest BCUT2D eigenvalue weighted by Gasteiger charge is -2.57. The lowest BCUT2D eigenvalue weighted by atomic mass is 9.48. The van der Waals surface area contributed by atoms with Gasteiger partial charge in [0.25, 0.3) is 0 Å². The summed E-state index contributed by atoms with van der Waals surface area (Å²) in [7, 11) is 0. The number of halogens is 1. The van der Waals surface area contributed by atoms with Gasteiger partial charge in [0.15, 0.2) is 0 Å². The van der Waals surface area contributed by atoms with E-state index in [4.69, 9.17) is 11.6 Å². The normalized spacial score (nSPS) is 45.3. The molecule has 0 spiro atoms. The van der Waals surface area contributed by atoms with E-state index in [0.29, 0.717) is 17.8 Å². The topological polar surface area (TPSA) is 40.5 Å². The summed E-state index contributed by atoms with van der Waals surface area (Å²) in [6.45, 7) is 4.77. The molecule has 0 saturated heterocycles. The largest absolute Gasteiger partial charge is 0.393 e. The molecule has 29 heavy (non-hydrogen) atoms. The second kappa shape index (κ2) is 6.97. The minimum atomic E-state index is -0.379. The molecule has 1 aromatic rings. The fraction of sp³-hybridized carbons (Fsp3) is 0.615. The molecule has 2 N–H and O–H groups in total. The predicted molar refractivity (Wildman–Crippen MR) is 119 cm³/mol. The van der Waals surface area contributed by atoms with Gasteiger partial charge in [-0.15, -0.1) is 0 Å². The van der Waals surface area contributed by atoms with Crippen molar-refractivity contribution in [3.63, 3.8) is 0 Å². The molecule has 3 heteroatoms. The van der Waals surface area contributed by atoms with Crippen LogP contribution in [0, 0.1) is 28.6 Å². The zero-order chi connectivity index (χ0) is 20.4. The third-order valence-corrected chi connectivity index (χ3v) is 9.54. The molecule has 7 atom stereocenters. The second-order valence-electron chi connectivity index (χ2n) is 10.5. The lowest BCUT2D eigenvalue weighted by Crippen LogP contribution is -2.51. The third-order valence-electron chi connectivity index (χ3n) is 9.19. The van der Waals surface area contributed by atoms with E-state index < -0.39 is 0 Å². The van der Waals surface area contributed by atoms with E-state index in [2.05, 4.69) is 26.0 Å². The maximum atomic E-state index is 11.4. The van der Waals surface area contributed by atoms with Crippen LogP contribution in [0.25, 0.3) is 6.08 Å². The first-order chi connectivity index (χ1) is 13.8. The SMILES string of the molecule is C[C@]12CC[C@@H]3[C@H](CC=C4C[C@H](O)CC[C@@]43C)[C@H]1C/C(=C\c1ccccc1Cl)[C@H]2O. The van der Waals surface area contributed by atoms with Crippen molar-refractivity contribution in [2.45, 2.75) is 71.0 Å². The Balaban J connectivity index is 1.48. The molecule has 0 unspecified atom stereocenters. The molecule has 1 aromatic carbocycles. The van der Waals surface area contributed by atoms with E-state index in [9.17, 15) is 10.2 Å². The Morgan fingerprint density at radius 3 is 2.62 bits per heavy atom. The van der Waals surface area contributed by atoms with Gasteiger partial charge in [-0.1, -0.05) is 61.4 Å². The van der Waals surface area contributed by atoms with Gasteiger partial charge in [-0.2, -0.15) is 0 Å². The van der Waals surface area contributed by atoms with Gasteiger partial charge in [0, 0.05) is 10.4 Å². The Kier molecular flexibility index (Phi) is 4.77. The van der Waals surface area contributed by atoms with Crippen molar-refractivity contribution in [1.82, 2.24) is 0 Å². The average Bonchev–Trinajstić information content (AvgIpc) is 2.95. The predicted octanol–water partition coefficient (Wildman–Crippen LogP) is 6.02. The number of aliphatic hydroxyl groups excluding tert-OH is 2. The molecular formula is C26H33ClO2. The van der Waals surface area contributed by atoms with Crippen LogP contribution in [-0.2, 0) is 0 Å². The minimum absolute atomic E-state index is 0.0376. The number of benzene rings is 1. The summed E-state index contributed by atoms with van der Waals surface area (Å²) in [5, 5.41) is 22.3. The number of hydrogen-bond donors (Lipinski definition) is 2. The Bertz CT molecular complexity index is 873. The molecule has 4 aliphatic rings. The number of hydrogen-bond acceptors (Lipinski definition) is 2. The maximum Gasteiger partial charge on any atom is 0.0809 e. The van der Waals surface area contributed by atoms with Gasteiger partial charge in [0.05, 0.1) is 12.2 Å². The van der Waals surface area contributed by atoms with Gasteiger partial charge in [-0.25, -0.2) is 0 Å². The molecule has 5 rings (SSSR count). The van der Waals surface area contributed by atoms with Gasteiger partial charge in [-0.3, -0.25) is 0 Å². The molecule has 2 nitrogen and oxygen atoms in total. The highest BCUT2D eigenvalue weighted by molar-refractivity contribution is 6.32. The fourth-order valence-corrected chi connectivity index (χ4v) is 7.62. The first-order valence-corrected chi connectivity index (χ1v) is 11.7. The van der Waals surface area contributed by atoms with E-state index in [1.807, 2.05) is 24.3 Å². The highest BCUT2D eigenvalue weighted by Crippen LogP contribution is 2.65. The summed E-state index contributed by atoms with van der Waals surface area (Å²) in [5.74, 6) is 1.83. The molecule has 4 aliphatic carbocycles. The average molecular weight is 413 g/mol. The summed E-state index contributed by atoms with van der Waals surface area (Å²) in [6.07, 6.45) is 11.3. The summed E-state index contributed by atoms with van der Waals surface area (Å²) >= 11 is 6.40. The third kappa shape index (κ3) is 2.98. The molecule has 0 aliphatic heterocycles. The van der Waals surface area contributed by atoms with Crippen molar-refractivity contribution < 1.29 is 10.2 Å². The van der Waals surface area contributed by atoms with Crippen molar-refractivity contribution in [3.05, 3.63) is 52.1 Å². The van der Waals surface area contributed by atoms with E-state index in [1.54, 1.807) is 0 Å². The Labute approximate surface area is 179 Å². The molecule has 0 bridgehead atoms. The monoisotopic (exact) mass is 412 g/mol. The van der Waals surface area contributed by atoms with Crippen LogP contribution in [0.1, 0.15) is 64.4 Å². The molecule has 0 heterocycles. The van der Waals surface area contributed by atoms with E-state index in [0.717, 1.165) is 54.7 Å². The lowest BCUT2D eigenvalue weighted by molar-refractivity contribution is -0.0685. The van der Waals surface area contributed by atoms with Crippen molar-refractivity contribution in [2.75, 3.05) is 0 Å². The Hall–Kier alpha value is -1.09. The van der Waals surface area contributed by atoms with Crippen molar-refractivity contribution >= 4 is 17.7 Å². The van der Waals surface area contributed by atoms with Gasteiger partial charge < -0.3 is 10.2 Å². The summed E-state index contributed by atoms with van der Waals surface area (Å²) in [6, 6.07) is 7.93. The van der Waals surface area contributed by atoms with Crippen LogP contribution in [0.4, 0.5) is 0 Å². The van der Waals surface area contributed by atoms with Gasteiger partial charge in [-0.05, 0) is 85.3 Å². The highest BCUT2D eigenvalue weighted by Gasteiger charge is 2.59.